The van der Waals surface area contributed by atoms with E-state index in [0.29, 0.717) is 24.5 Å². The largest absolute Gasteiger partial charge is 0.469 e. The Morgan fingerprint density at radius 3 is 2.92 bits per heavy atom. The lowest BCUT2D eigenvalue weighted by molar-refractivity contribution is -0.140. The van der Waals surface area contributed by atoms with E-state index >= 15 is 0 Å². The van der Waals surface area contributed by atoms with Crippen LogP contribution in [0.2, 0.25) is 0 Å². The molecule has 0 unspecified atom stereocenters. The first-order chi connectivity index (χ1) is 12.1. The van der Waals surface area contributed by atoms with Gasteiger partial charge >= 0.3 is 5.97 Å². The van der Waals surface area contributed by atoms with Crippen LogP contribution in [0.1, 0.15) is 18.4 Å². The van der Waals surface area contributed by atoms with E-state index in [-0.39, 0.29) is 17.6 Å². The Bertz CT molecular complexity index is 721. The topological polar surface area (TPSA) is 93.2 Å². The van der Waals surface area contributed by atoms with Gasteiger partial charge in [0, 0.05) is 18.7 Å². The number of aromatic nitrogens is 2. The first kappa shape index (κ1) is 19.2. The molecular formula is C16H20N4O3S2. The highest BCUT2D eigenvalue weighted by Crippen LogP contribution is 2.27. The van der Waals surface area contributed by atoms with Gasteiger partial charge in [-0.25, -0.2) is 0 Å². The number of hydrogen-bond donors (Lipinski definition) is 2. The molecule has 0 aliphatic heterocycles. The van der Waals surface area contributed by atoms with Crippen molar-refractivity contribution in [2.45, 2.75) is 24.1 Å². The van der Waals surface area contributed by atoms with E-state index in [2.05, 4.69) is 25.6 Å². The van der Waals surface area contributed by atoms with Crippen LogP contribution in [-0.4, -0.2) is 41.5 Å². The standard InChI is InChI=1S/C16H20N4O3S2/c1-11-5-3-6-12(9-11)18-15-19-20-16(25-15)24-10-13(21)17-8-4-7-14(22)23-2/h3,5-6,9H,4,7-8,10H2,1-2H3,(H,17,21)(H,18,19). The molecule has 0 saturated carbocycles. The molecule has 0 aliphatic carbocycles. The minimum absolute atomic E-state index is 0.0988. The summed E-state index contributed by atoms with van der Waals surface area (Å²) >= 11 is 2.73. The van der Waals surface area contributed by atoms with Crippen LogP contribution < -0.4 is 10.6 Å². The molecule has 0 radical (unpaired) electrons. The van der Waals surface area contributed by atoms with Crippen LogP contribution in [0.5, 0.6) is 0 Å². The Kier molecular flexibility index (Phi) is 7.68. The van der Waals surface area contributed by atoms with Gasteiger partial charge in [0.05, 0.1) is 12.9 Å². The number of methoxy groups -OCH3 is 1. The molecule has 25 heavy (non-hydrogen) atoms. The van der Waals surface area contributed by atoms with Gasteiger partial charge < -0.3 is 15.4 Å². The van der Waals surface area contributed by atoms with Crippen molar-refractivity contribution in [1.29, 1.82) is 0 Å². The first-order valence-corrected chi connectivity index (χ1v) is 9.50. The van der Waals surface area contributed by atoms with Crippen LogP contribution in [0.3, 0.4) is 0 Å². The molecule has 1 amide bonds. The zero-order valence-corrected chi connectivity index (χ0v) is 15.7. The summed E-state index contributed by atoms with van der Waals surface area (Å²) in [5.41, 5.74) is 2.11. The van der Waals surface area contributed by atoms with Gasteiger partial charge in [-0.05, 0) is 31.0 Å². The van der Waals surface area contributed by atoms with E-state index in [9.17, 15) is 9.59 Å². The number of ether oxygens (including phenoxy) is 1. The third-order valence-electron chi connectivity index (χ3n) is 3.11. The number of rotatable bonds is 9. The number of thioether (sulfide) groups is 1. The summed E-state index contributed by atoms with van der Waals surface area (Å²) in [5.74, 6) is -0.110. The molecule has 2 rings (SSSR count). The molecule has 0 bridgehead atoms. The van der Waals surface area contributed by atoms with Crippen molar-refractivity contribution >= 4 is 45.8 Å². The second-order valence-corrected chi connectivity index (χ2v) is 7.39. The summed E-state index contributed by atoms with van der Waals surface area (Å²) in [7, 11) is 1.35. The fourth-order valence-electron chi connectivity index (χ4n) is 1.91. The van der Waals surface area contributed by atoms with Gasteiger partial charge in [-0.3, -0.25) is 9.59 Å². The Balaban J connectivity index is 1.70. The van der Waals surface area contributed by atoms with Gasteiger partial charge in [0.2, 0.25) is 11.0 Å². The van der Waals surface area contributed by atoms with Crippen LogP contribution in [0, 0.1) is 6.92 Å². The van der Waals surface area contributed by atoms with Gasteiger partial charge in [0.25, 0.3) is 0 Å². The molecule has 1 heterocycles. The van der Waals surface area contributed by atoms with Gasteiger partial charge in [0.1, 0.15) is 0 Å². The summed E-state index contributed by atoms with van der Waals surface area (Å²) in [6, 6.07) is 7.98. The number of amides is 1. The molecule has 1 aromatic carbocycles. The molecule has 134 valence electrons. The maximum absolute atomic E-state index is 11.8. The molecule has 2 aromatic rings. The average molecular weight is 380 g/mol. The Labute approximate surface area is 154 Å². The average Bonchev–Trinajstić information content (AvgIpc) is 3.04. The van der Waals surface area contributed by atoms with Crippen molar-refractivity contribution in [3.63, 3.8) is 0 Å². The van der Waals surface area contributed by atoms with Gasteiger partial charge in [0.15, 0.2) is 4.34 Å². The third-order valence-corrected chi connectivity index (χ3v) is 5.08. The minimum atomic E-state index is -0.272. The number of aryl methyl sites for hydroxylation is 1. The maximum atomic E-state index is 11.8. The quantitative estimate of drug-likeness (QED) is 0.392. The SMILES string of the molecule is COC(=O)CCCNC(=O)CSc1nnc(Nc2cccc(C)c2)s1. The van der Waals surface area contributed by atoms with Gasteiger partial charge in [-0.1, -0.05) is 35.2 Å². The second-order valence-electron chi connectivity index (χ2n) is 5.19. The zero-order valence-electron chi connectivity index (χ0n) is 14.1. The monoisotopic (exact) mass is 380 g/mol. The number of hydrogen-bond acceptors (Lipinski definition) is 8. The summed E-state index contributed by atoms with van der Waals surface area (Å²) in [5, 5.41) is 14.8. The third kappa shape index (κ3) is 7.10. The van der Waals surface area contributed by atoms with E-state index in [0.717, 1.165) is 15.6 Å². The van der Waals surface area contributed by atoms with E-state index in [1.165, 1.54) is 30.2 Å². The van der Waals surface area contributed by atoms with Gasteiger partial charge in [-0.15, -0.1) is 10.2 Å². The van der Waals surface area contributed by atoms with Crippen LogP contribution >= 0.6 is 23.1 Å². The number of nitrogens with zero attached hydrogens (tertiary/aromatic N) is 2. The molecule has 7 nitrogen and oxygen atoms in total. The normalized spacial score (nSPS) is 10.3. The number of carbonyl (C=O) groups is 2. The van der Waals surface area contributed by atoms with E-state index in [1.807, 2.05) is 31.2 Å². The molecule has 0 fully saturated rings. The highest BCUT2D eigenvalue weighted by atomic mass is 32.2. The molecule has 0 saturated heterocycles. The van der Waals surface area contributed by atoms with E-state index in [4.69, 9.17) is 0 Å². The summed E-state index contributed by atoms with van der Waals surface area (Å²) in [4.78, 5) is 22.7. The number of carbonyl (C=O) groups excluding carboxylic acids is 2. The second kappa shape index (κ2) is 10.00. The van der Waals surface area contributed by atoms with Crippen molar-refractivity contribution < 1.29 is 14.3 Å². The molecule has 0 atom stereocenters. The van der Waals surface area contributed by atoms with E-state index in [1.54, 1.807) is 0 Å². The summed E-state index contributed by atoms with van der Waals surface area (Å²) < 4.78 is 5.26. The molecule has 9 heteroatoms. The predicted octanol–water partition coefficient (Wildman–Crippen LogP) is 2.75. The van der Waals surface area contributed by atoms with Crippen LogP contribution in [0.15, 0.2) is 28.6 Å². The van der Waals surface area contributed by atoms with Gasteiger partial charge in [-0.2, -0.15) is 0 Å². The van der Waals surface area contributed by atoms with Crippen molar-refractivity contribution in [2.24, 2.45) is 0 Å². The highest BCUT2D eigenvalue weighted by Gasteiger charge is 2.09. The van der Waals surface area contributed by atoms with E-state index < -0.39 is 0 Å². The number of anilines is 2. The fourth-order valence-corrected chi connectivity index (χ4v) is 3.51. The Morgan fingerprint density at radius 1 is 1.32 bits per heavy atom. The maximum Gasteiger partial charge on any atom is 0.305 e. The van der Waals surface area contributed by atoms with Crippen LogP contribution in [-0.2, 0) is 14.3 Å². The minimum Gasteiger partial charge on any atom is -0.469 e. The number of benzene rings is 1. The first-order valence-electron chi connectivity index (χ1n) is 7.70. The van der Waals surface area contributed by atoms with Crippen molar-refractivity contribution in [1.82, 2.24) is 15.5 Å². The number of nitrogens with one attached hydrogen (secondary N) is 2. The van der Waals surface area contributed by atoms with Crippen molar-refractivity contribution in [3.8, 4) is 0 Å². The highest BCUT2D eigenvalue weighted by molar-refractivity contribution is 8.01. The lowest BCUT2D eigenvalue weighted by Gasteiger charge is -2.03. The number of esters is 1. The molecular weight excluding hydrogens is 360 g/mol. The van der Waals surface area contributed by atoms with Crippen LogP contribution in [0.4, 0.5) is 10.8 Å². The Hall–Kier alpha value is -2.13. The fraction of sp³-hybridized carbons (Fsp3) is 0.375. The zero-order chi connectivity index (χ0) is 18.1. The predicted molar refractivity (Wildman–Crippen MR) is 99.4 cm³/mol. The van der Waals surface area contributed by atoms with Crippen molar-refractivity contribution in [2.75, 3.05) is 24.7 Å². The lowest BCUT2D eigenvalue weighted by atomic mass is 10.2. The molecule has 1 aromatic heterocycles. The van der Waals surface area contributed by atoms with Crippen molar-refractivity contribution in [3.05, 3.63) is 29.8 Å². The summed E-state index contributed by atoms with van der Waals surface area (Å²) in [6.07, 6.45) is 0.862. The smallest absolute Gasteiger partial charge is 0.305 e. The van der Waals surface area contributed by atoms with Crippen LogP contribution in [0.25, 0.3) is 0 Å². The molecule has 0 spiro atoms. The molecule has 0 aliphatic rings. The summed E-state index contributed by atoms with van der Waals surface area (Å²) in [6.45, 7) is 2.47. The molecule has 2 N–H and O–H groups in total. The lowest BCUT2D eigenvalue weighted by Crippen LogP contribution is -2.26. The Morgan fingerprint density at radius 2 is 2.16 bits per heavy atom.